The Hall–Kier alpha value is -3.11. The zero-order valence-electron chi connectivity index (χ0n) is 14.3. The molecule has 3 rings (SSSR count). The largest absolute Gasteiger partial charge is 0.494 e. The summed E-state index contributed by atoms with van der Waals surface area (Å²) in [6, 6.07) is 13.2. The number of amides is 1. The molecule has 26 heavy (non-hydrogen) atoms. The molecule has 0 aliphatic carbocycles. The van der Waals surface area contributed by atoms with Gasteiger partial charge >= 0.3 is 0 Å². The molecule has 132 valence electrons. The van der Waals surface area contributed by atoms with Crippen LogP contribution in [-0.2, 0) is 0 Å². The van der Waals surface area contributed by atoms with E-state index in [1.807, 2.05) is 36.6 Å². The summed E-state index contributed by atoms with van der Waals surface area (Å²) in [5.41, 5.74) is 1.23. The highest BCUT2D eigenvalue weighted by atomic mass is 32.1. The summed E-state index contributed by atoms with van der Waals surface area (Å²) in [6.07, 6.45) is 0. The fourth-order valence-electron chi connectivity index (χ4n) is 2.48. The number of hydrogen-bond acceptors (Lipinski definition) is 6. The van der Waals surface area contributed by atoms with Gasteiger partial charge in [-0.1, -0.05) is 6.07 Å². The molecule has 0 bridgehead atoms. The standard InChI is InChI=1S/C19H18N4O2S/c1-2-25-15-5-6-16-13(11-15)10-14(12-20)18(23-16)21-7-8-22-19(24)17-4-3-9-26-17/h3-6,9-11H,2,7-8H2,1H3,(H,21,23)(H,22,24). The molecule has 1 aromatic carbocycles. The highest BCUT2D eigenvalue weighted by Crippen LogP contribution is 2.24. The van der Waals surface area contributed by atoms with Crippen LogP contribution in [0.1, 0.15) is 22.2 Å². The second-order valence-electron chi connectivity index (χ2n) is 5.44. The normalized spacial score (nSPS) is 10.3. The second-order valence-corrected chi connectivity index (χ2v) is 6.39. The van der Waals surface area contributed by atoms with Gasteiger partial charge in [0.25, 0.3) is 5.91 Å². The van der Waals surface area contributed by atoms with Gasteiger partial charge in [0.15, 0.2) is 0 Å². The number of carbonyl (C=O) groups excluding carboxylic acids is 1. The third kappa shape index (κ3) is 4.10. The van der Waals surface area contributed by atoms with Gasteiger partial charge in [0.2, 0.25) is 0 Å². The molecule has 0 aliphatic rings. The van der Waals surface area contributed by atoms with Gasteiger partial charge in [0, 0.05) is 18.5 Å². The lowest BCUT2D eigenvalue weighted by Gasteiger charge is -2.10. The quantitative estimate of drug-likeness (QED) is 0.626. The number of carbonyl (C=O) groups is 1. The first kappa shape index (κ1) is 17.7. The molecule has 1 amide bonds. The van der Waals surface area contributed by atoms with Crippen molar-refractivity contribution in [1.29, 1.82) is 5.26 Å². The summed E-state index contributed by atoms with van der Waals surface area (Å²) < 4.78 is 5.48. The molecular weight excluding hydrogens is 348 g/mol. The summed E-state index contributed by atoms with van der Waals surface area (Å²) in [4.78, 5) is 17.1. The minimum absolute atomic E-state index is 0.0998. The van der Waals surface area contributed by atoms with Crippen molar-refractivity contribution in [3.8, 4) is 11.8 Å². The second kappa shape index (κ2) is 8.32. The first-order chi connectivity index (χ1) is 12.7. The van der Waals surface area contributed by atoms with E-state index in [4.69, 9.17) is 4.74 Å². The average molecular weight is 366 g/mol. The van der Waals surface area contributed by atoms with Crippen molar-refractivity contribution in [2.75, 3.05) is 25.0 Å². The molecule has 2 N–H and O–H groups in total. The van der Waals surface area contributed by atoms with Crippen LogP contribution in [-0.4, -0.2) is 30.6 Å². The number of benzene rings is 1. The summed E-state index contributed by atoms with van der Waals surface area (Å²) >= 11 is 1.40. The molecule has 0 saturated heterocycles. The maximum Gasteiger partial charge on any atom is 0.261 e. The maximum atomic E-state index is 11.9. The number of anilines is 1. The molecule has 6 nitrogen and oxygen atoms in total. The van der Waals surface area contributed by atoms with Crippen LogP contribution in [0.15, 0.2) is 41.8 Å². The lowest BCUT2D eigenvalue weighted by molar-refractivity contribution is 0.0959. The number of aromatic nitrogens is 1. The third-order valence-corrected chi connectivity index (χ3v) is 4.53. The Morgan fingerprint density at radius 1 is 1.31 bits per heavy atom. The Morgan fingerprint density at radius 2 is 2.19 bits per heavy atom. The van der Waals surface area contributed by atoms with Gasteiger partial charge in [-0.25, -0.2) is 4.98 Å². The lowest BCUT2D eigenvalue weighted by Crippen LogP contribution is -2.28. The van der Waals surface area contributed by atoms with E-state index in [2.05, 4.69) is 21.7 Å². The van der Waals surface area contributed by atoms with Crippen LogP contribution in [0.25, 0.3) is 10.9 Å². The Balaban J connectivity index is 1.66. The van der Waals surface area contributed by atoms with E-state index in [0.29, 0.717) is 36.0 Å². The van der Waals surface area contributed by atoms with E-state index in [1.54, 1.807) is 12.1 Å². The third-order valence-electron chi connectivity index (χ3n) is 3.67. The molecule has 0 fully saturated rings. The van der Waals surface area contributed by atoms with Crippen LogP contribution in [0.4, 0.5) is 5.82 Å². The van der Waals surface area contributed by atoms with Gasteiger partial charge in [-0.05, 0) is 42.6 Å². The number of nitrogens with one attached hydrogen (secondary N) is 2. The number of rotatable bonds is 7. The number of ether oxygens (including phenoxy) is 1. The Morgan fingerprint density at radius 3 is 2.92 bits per heavy atom. The van der Waals surface area contributed by atoms with Crippen molar-refractivity contribution in [3.05, 3.63) is 52.2 Å². The maximum absolute atomic E-state index is 11.9. The summed E-state index contributed by atoms with van der Waals surface area (Å²) in [6.45, 7) is 3.42. The van der Waals surface area contributed by atoms with Crippen molar-refractivity contribution >= 4 is 34.0 Å². The zero-order valence-corrected chi connectivity index (χ0v) is 15.1. The van der Waals surface area contributed by atoms with Crippen molar-refractivity contribution in [2.24, 2.45) is 0 Å². The predicted molar refractivity (Wildman–Crippen MR) is 103 cm³/mol. The van der Waals surface area contributed by atoms with Crippen LogP contribution >= 0.6 is 11.3 Å². The molecular formula is C19H18N4O2S. The van der Waals surface area contributed by atoms with Gasteiger partial charge < -0.3 is 15.4 Å². The SMILES string of the molecule is CCOc1ccc2nc(NCCNC(=O)c3cccs3)c(C#N)cc2c1. The Kier molecular flexibility index (Phi) is 5.66. The highest BCUT2D eigenvalue weighted by Gasteiger charge is 2.09. The number of pyridine rings is 1. The molecule has 7 heteroatoms. The van der Waals surface area contributed by atoms with E-state index in [-0.39, 0.29) is 5.91 Å². The van der Waals surface area contributed by atoms with Crippen molar-refractivity contribution in [2.45, 2.75) is 6.92 Å². The first-order valence-corrected chi connectivity index (χ1v) is 9.12. The molecule has 2 aromatic heterocycles. The summed E-state index contributed by atoms with van der Waals surface area (Å²) in [5, 5.41) is 18.1. The van der Waals surface area contributed by atoms with Crippen LogP contribution in [0, 0.1) is 11.3 Å². The van der Waals surface area contributed by atoms with Gasteiger partial charge in [-0.3, -0.25) is 4.79 Å². The number of nitrogens with zero attached hydrogens (tertiary/aromatic N) is 2. The number of thiophene rings is 1. The van der Waals surface area contributed by atoms with Crippen LogP contribution in [0.3, 0.4) is 0 Å². The van der Waals surface area contributed by atoms with E-state index >= 15 is 0 Å². The predicted octanol–water partition coefficient (Wildman–Crippen LogP) is 3.41. The fourth-order valence-corrected chi connectivity index (χ4v) is 3.12. The van der Waals surface area contributed by atoms with E-state index in [1.165, 1.54) is 11.3 Å². The zero-order chi connectivity index (χ0) is 18.4. The van der Waals surface area contributed by atoms with E-state index in [9.17, 15) is 10.1 Å². The summed E-state index contributed by atoms with van der Waals surface area (Å²) in [5.74, 6) is 1.16. The smallest absolute Gasteiger partial charge is 0.261 e. The first-order valence-electron chi connectivity index (χ1n) is 8.24. The monoisotopic (exact) mass is 366 g/mol. The van der Waals surface area contributed by atoms with E-state index in [0.717, 1.165) is 16.7 Å². The Labute approximate surface area is 155 Å². The van der Waals surface area contributed by atoms with Gasteiger partial charge in [-0.2, -0.15) is 5.26 Å². The molecule has 2 heterocycles. The van der Waals surface area contributed by atoms with Gasteiger partial charge in [0.05, 0.1) is 22.6 Å². The molecule has 0 saturated carbocycles. The number of hydrogen-bond donors (Lipinski definition) is 2. The molecule has 0 spiro atoms. The minimum Gasteiger partial charge on any atom is -0.494 e. The van der Waals surface area contributed by atoms with Gasteiger partial charge in [0.1, 0.15) is 17.6 Å². The van der Waals surface area contributed by atoms with Crippen molar-refractivity contribution in [1.82, 2.24) is 10.3 Å². The van der Waals surface area contributed by atoms with Crippen LogP contribution < -0.4 is 15.4 Å². The molecule has 0 radical (unpaired) electrons. The molecule has 3 aromatic rings. The van der Waals surface area contributed by atoms with E-state index < -0.39 is 0 Å². The fraction of sp³-hybridized carbons (Fsp3) is 0.211. The van der Waals surface area contributed by atoms with Crippen molar-refractivity contribution < 1.29 is 9.53 Å². The van der Waals surface area contributed by atoms with Gasteiger partial charge in [-0.15, -0.1) is 11.3 Å². The van der Waals surface area contributed by atoms with Crippen LogP contribution in [0.5, 0.6) is 5.75 Å². The minimum atomic E-state index is -0.0998. The number of fused-ring (bicyclic) bond motifs is 1. The molecule has 0 unspecified atom stereocenters. The molecule has 0 aliphatic heterocycles. The average Bonchev–Trinajstić information content (AvgIpc) is 3.19. The Bertz CT molecular complexity index is 948. The van der Waals surface area contributed by atoms with Crippen LogP contribution in [0.2, 0.25) is 0 Å². The highest BCUT2D eigenvalue weighted by molar-refractivity contribution is 7.12. The molecule has 0 atom stereocenters. The van der Waals surface area contributed by atoms with Crippen molar-refractivity contribution in [3.63, 3.8) is 0 Å². The summed E-state index contributed by atoms with van der Waals surface area (Å²) in [7, 11) is 0. The lowest BCUT2D eigenvalue weighted by atomic mass is 10.1. The topological polar surface area (TPSA) is 87.0 Å². The number of nitriles is 1.